The van der Waals surface area contributed by atoms with Crippen molar-refractivity contribution in [3.63, 3.8) is 0 Å². The third-order valence-electron chi connectivity index (χ3n) is 11.2. The van der Waals surface area contributed by atoms with Crippen LogP contribution in [0.2, 0.25) is 0 Å². The second kappa shape index (κ2) is 8.71. The molecule has 0 aliphatic heterocycles. The van der Waals surface area contributed by atoms with Crippen molar-refractivity contribution in [2.45, 2.75) is 117 Å². The summed E-state index contributed by atoms with van der Waals surface area (Å²) in [4.78, 5) is 0. The monoisotopic (exact) mass is 438 g/mol. The molecule has 8 unspecified atom stereocenters. The number of allylic oxidation sites excluding steroid dienone is 1. The molecule has 0 aromatic heterocycles. The van der Waals surface area contributed by atoms with Gasteiger partial charge in [0, 0.05) is 5.57 Å². The van der Waals surface area contributed by atoms with E-state index in [1.165, 1.54) is 64.2 Å². The van der Waals surface area contributed by atoms with E-state index < -0.39 is 11.7 Å². The van der Waals surface area contributed by atoms with Gasteiger partial charge in [-0.3, -0.25) is 0 Å². The molecule has 4 saturated carbocycles. The van der Waals surface area contributed by atoms with Crippen molar-refractivity contribution < 1.29 is 13.2 Å². The van der Waals surface area contributed by atoms with Crippen LogP contribution in [-0.4, -0.2) is 6.18 Å². The van der Waals surface area contributed by atoms with Crippen LogP contribution in [0, 0.1) is 46.3 Å². The average Bonchev–Trinajstić information content (AvgIpc) is 3.06. The first kappa shape index (κ1) is 23.7. The smallest absolute Gasteiger partial charge is 0.167 e. The molecule has 4 aliphatic rings. The minimum atomic E-state index is -4.21. The highest BCUT2D eigenvalue weighted by Crippen LogP contribution is 2.68. The van der Waals surface area contributed by atoms with E-state index in [0.717, 1.165) is 48.3 Å². The molecule has 0 N–H and O–H groups in total. The number of rotatable bonds is 6. The highest BCUT2D eigenvalue weighted by atomic mass is 19.4. The zero-order chi connectivity index (χ0) is 22.4. The highest BCUT2D eigenvalue weighted by Gasteiger charge is 2.59. The van der Waals surface area contributed by atoms with Gasteiger partial charge in [-0.15, -0.1) is 0 Å². The second-order valence-corrected chi connectivity index (χ2v) is 12.4. The molecule has 0 aromatic rings. The maximum Gasteiger partial charge on any atom is 0.412 e. The van der Waals surface area contributed by atoms with Crippen molar-refractivity contribution in [1.82, 2.24) is 0 Å². The minimum absolute atomic E-state index is 0.111. The van der Waals surface area contributed by atoms with Crippen LogP contribution in [-0.2, 0) is 0 Å². The fourth-order valence-electron chi connectivity index (χ4n) is 9.17. The summed E-state index contributed by atoms with van der Waals surface area (Å²) in [7, 11) is 0. The lowest BCUT2D eigenvalue weighted by molar-refractivity contribution is -0.118. The molecular weight excluding hydrogens is 393 g/mol. The van der Waals surface area contributed by atoms with Gasteiger partial charge in [0.1, 0.15) is 0 Å². The summed E-state index contributed by atoms with van der Waals surface area (Å²) in [5.74, 6) is 5.34. The minimum Gasteiger partial charge on any atom is -0.167 e. The van der Waals surface area contributed by atoms with Crippen LogP contribution in [0.25, 0.3) is 0 Å². The second-order valence-electron chi connectivity index (χ2n) is 12.4. The summed E-state index contributed by atoms with van der Waals surface area (Å²) in [5.41, 5.74) is 0.462. The topological polar surface area (TPSA) is 0 Å². The fourth-order valence-corrected chi connectivity index (χ4v) is 9.17. The van der Waals surface area contributed by atoms with Gasteiger partial charge in [0.25, 0.3) is 0 Å². The van der Waals surface area contributed by atoms with Crippen molar-refractivity contribution in [1.29, 1.82) is 0 Å². The van der Waals surface area contributed by atoms with Crippen LogP contribution >= 0.6 is 0 Å². The lowest BCUT2D eigenvalue weighted by Crippen LogP contribution is -2.53. The van der Waals surface area contributed by atoms with E-state index in [0.29, 0.717) is 17.3 Å². The maximum absolute atomic E-state index is 12.7. The third-order valence-corrected chi connectivity index (χ3v) is 11.2. The first-order valence-electron chi connectivity index (χ1n) is 13.3. The molecule has 0 heterocycles. The number of fused-ring (bicyclic) bond motifs is 5. The van der Waals surface area contributed by atoms with Gasteiger partial charge < -0.3 is 0 Å². The number of hydrogen-bond acceptors (Lipinski definition) is 0. The molecule has 0 bridgehead atoms. The SMILES string of the molecule is C=C(CCCCC1CCC2C3CCC4CC(CC)CCC4(C)C3CCC12C)C(F)(F)F. The van der Waals surface area contributed by atoms with E-state index in [4.69, 9.17) is 0 Å². The number of hydrogen-bond donors (Lipinski definition) is 0. The predicted molar refractivity (Wildman–Crippen MR) is 123 cm³/mol. The Morgan fingerprint density at radius 2 is 1.61 bits per heavy atom. The summed E-state index contributed by atoms with van der Waals surface area (Å²) in [6, 6.07) is 0. The molecule has 3 heteroatoms. The van der Waals surface area contributed by atoms with Gasteiger partial charge >= 0.3 is 6.18 Å². The van der Waals surface area contributed by atoms with Crippen LogP contribution in [0.4, 0.5) is 13.2 Å². The Kier molecular flexibility index (Phi) is 6.65. The summed E-state index contributed by atoms with van der Waals surface area (Å²) in [6.07, 6.45) is 12.6. The van der Waals surface area contributed by atoms with Gasteiger partial charge in [0.05, 0.1) is 0 Å². The molecule has 4 aliphatic carbocycles. The van der Waals surface area contributed by atoms with Gasteiger partial charge in [0.15, 0.2) is 0 Å². The van der Waals surface area contributed by atoms with Gasteiger partial charge in [-0.2, -0.15) is 13.2 Å². The first-order chi connectivity index (χ1) is 14.6. The van der Waals surface area contributed by atoms with E-state index in [1.807, 2.05) is 0 Å². The zero-order valence-electron chi connectivity index (χ0n) is 20.2. The van der Waals surface area contributed by atoms with Gasteiger partial charge in [0.2, 0.25) is 0 Å². The Hall–Kier alpha value is -0.470. The third kappa shape index (κ3) is 4.25. The molecule has 8 atom stereocenters. The zero-order valence-corrected chi connectivity index (χ0v) is 20.2. The van der Waals surface area contributed by atoms with E-state index >= 15 is 0 Å². The van der Waals surface area contributed by atoms with E-state index in [-0.39, 0.29) is 6.42 Å². The van der Waals surface area contributed by atoms with E-state index in [9.17, 15) is 13.2 Å². The van der Waals surface area contributed by atoms with Crippen molar-refractivity contribution >= 4 is 0 Å². The molecule has 31 heavy (non-hydrogen) atoms. The summed E-state index contributed by atoms with van der Waals surface area (Å²) >= 11 is 0. The summed E-state index contributed by atoms with van der Waals surface area (Å²) in [6.45, 7) is 10.8. The Morgan fingerprint density at radius 3 is 2.32 bits per heavy atom. The predicted octanol–water partition coefficient (Wildman–Crippen LogP) is 9.35. The molecule has 0 saturated heterocycles. The molecule has 0 nitrogen and oxygen atoms in total. The molecule has 0 spiro atoms. The summed E-state index contributed by atoms with van der Waals surface area (Å²) < 4.78 is 38.1. The highest BCUT2D eigenvalue weighted by molar-refractivity contribution is 5.09. The number of alkyl halides is 3. The normalized spacial score (nSPS) is 45.0. The molecule has 0 amide bonds. The molecule has 178 valence electrons. The van der Waals surface area contributed by atoms with Crippen LogP contribution in [0.15, 0.2) is 12.2 Å². The Bertz CT molecular complexity index is 651. The van der Waals surface area contributed by atoms with Gasteiger partial charge in [-0.1, -0.05) is 40.2 Å². The molecule has 4 rings (SSSR count). The number of halogens is 3. The fraction of sp³-hybridized carbons (Fsp3) is 0.929. The maximum atomic E-state index is 12.7. The van der Waals surface area contributed by atoms with Crippen LogP contribution in [0.3, 0.4) is 0 Å². The average molecular weight is 439 g/mol. The molecule has 0 radical (unpaired) electrons. The van der Waals surface area contributed by atoms with Crippen molar-refractivity contribution in [2.75, 3.05) is 0 Å². The van der Waals surface area contributed by atoms with E-state index in [2.05, 4.69) is 27.4 Å². The van der Waals surface area contributed by atoms with Gasteiger partial charge in [-0.05, 0) is 123 Å². The largest absolute Gasteiger partial charge is 0.412 e. The standard InChI is InChI=1S/C28H45F3/c1-5-20-14-16-27(4)22(18-20)10-12-23-24-13-11-21(26(24,3)17-15-25(23)27)9-7-6-8-19(2)28(29,30)31/h20-25H,2,5-18H2,1,3-4H3. The number of unbranched alkanes of at least 4 members (excludes halogenated alkanes) is 1. The lowest BCUT2D eigenvalue weighted by atomic mass is 9.44. The van der Waals surface area contributed by atoms with Crippen molar-refractivity contribution in [3.8, 4) is 0 Å². The quantitative estimate of drug-likeness (QED) is 0.286. The Balaban J connectivity index is 1.36. The van der Waals surface area contributed by atoms with Crippen LogP contribution in [0.5, 0.6) is 0 Å². The van der Waals surface area contributed by atoms with Gasteiger partial charge in [-0.25, -0.2) is 0 Å². The summed E-state index contributed by atoms with van der Waals surface area (Å²) in [5, 5.41) is 0. The van der Waals surface area contributed by atoms with E-state index in [1.54, 1.807) is 0 Å². The molecular formula is C28H45F3. The Morgan fingerprint density at radius 1 is 0.903 bits per heavy atom. The first-order valence-corrected chi connectivity index (χ1v) is 13.3. The Labute approximate surface area is 188 Å². The molecule has 0 aromatic carbocycles. The lowest BCUT2D eigenvalue weighted by Gasteiger charge is -2.61. The van der Waals surface area contributed by atoms with Crippen molar-refractivity contribution in [2.24, 2.45) is 46.3 Å². The molecule has 4 fully saturated rings. The van der Waals surface area contributed by atoms with Crippen molar-refractivity contribution in [3.05, 3.63) is 12.2 Å². The van der Waals surface area contributed by atoms with Crippen LogP contribution in [0.1, 0.15) is 111 Å². The van der Waals surface area contributed by atoms with Crippen LogP contribution < -0.4 is 0 Å².